The Labute approximate surface area is 94.4 Å². The van der Waals surface area contributed by atoms with Crippen LogP contribution in [0.4, 0.5) is 0 Å². The van der Waals surface area contributed by atoms with Crippen molar-refractivity contribution >= 4 is 22.8 Å². The second-order valence-corrected chi connectivity index (χ2v) is 4.37. The topological polar surface area (TPSA) is 63.6 Å². The Morgan fingerprint density at radius 3 is 2.60 bits per heavy atom. The molecule has 15 heavy (non-hydrogen) atoms. The number of aliphatic hydroxyl groups excluding tert-OH is 1. The molecule has 0 aromatic heterocycles. The molecule has 88 valence electrons. The van der Waals surface area contributed by atoms with Crippen LogP contribution in [0.1, 0.15) is 33.1 Å². The number of carbonyl (C=O) groups is 2. The minimum atomic E-state index is -1.31. The number of hydrogen-bond acceptors (Lipinski definition) is 5. The maximum Gasteiger partial charge on any atom is 0.335 e. The van der Waals surface area contributed by atoms with Gasteiger partial charge in [0.1, 0.15) is 0 Å². The van der Waals surface area contributed by atoms with Gasteiger partial charge in [0.2, 0.25) is 0 Å². The molecule has 0 fully saturated rings. The van der Waals surface area contributed by atoms with Crippen LogP contribution in [-0.4, -0.2) is 34.7 Å². The first kappa shape index (κ1) is 14.5. The van der Waals surface area contributed by atoms with E-state index in [1.54, 1.807) is 0 Å². The van der Waals surface area contributed by atoms with Crippen LogP contribution < -0.4 is 0 Å². The molecule has 0 saturated carbocycles. The van der Waals surface area contributed by atoms with Crippen molar-refractivity contribution in [3.05, 3.63) is 0 Å². The molecule has 0 aliphatic rings. The van der Waals surface area contributed by atoms with Crippen molar-refractivity contribution in [1.82, 2.24) is 0 Å². The van der Waals surface area contributed by atoms with E-state index in [0.29, 0.717) is 12.4 Å². The fourth-order valence-electron chi connectivity index (χ4n) is 0.874. The molecule has 1 N–H and O–H groups in total. The van der Waals surface area contributed by atoms with Gasteiger partial charge >= 0.3 is 5.97 Å². The van der Waals surface area contributed by atoms with E-state index >= 15 is 0 Å². The van der Waals surface area contributed by atoms with Crippen molar-refractivity contribution in [3.8, 4) is 0 Å². The summed E-state index contributed by atoms with van der Waals surface area (Å²) in [6.07, 6.45) is 0.224. The lowest BCUT2D eigenvalue weighted by molar-refractivity contribution is -0.154. The highest BCUT2D eigenvalue weighted by atomic mass is 32.2. The van der Waals surface area contributed by atoms with Gasteiger partial charge in [0.05, 0.1) is 13.0 Å². The Morgan fingerprint density at radius 2 is 2.07 bits per heavy atom. The van der Waals surface area contributed by atoms with E-state index in [1.807, 2.05) is 13.8 Å². The van der Waals surface area contributed by atoms with Crippen LogP contribution in [0, 0.1) is 0 Å². The van der Waals surface area contributed by atoms with E-state index in [1.165, 1.54) is 0 Å². The summed E-state index contributed by atoms with van der Waals surface area (Å²) in [6.45, 7) is 4.13. The average molecular weight is 234 g/mol. The van der Waals surface area contributed by atoms with Crippen molar-refractivity contribution in [3.63, 3.8) is 0 Å². The molecule has 0 spiro atoms. The number of rotatable bonds is 7. The van der Waals surface area contributed by atoms with Crippen molar-refractivity contribution in [2.24, 2.45) is 0 Å². The van der Waals surface area contributed by atoms with Crippen LogP contribution in [0.25, 0.3) is 0 Å². The molecule has 5 heteroatoms. The van der Waals surface area contributed by atoms with E-state index in [9.17, 15) is 14.7 Å². The van der Waals surface area contributed by atoms with Crippen molar-refractivity contribution in [1.29, 1.82) is 0 Å². The molecule has 0 amide bonds. The molecule has 0 rings (SSSR count). The highest BCUT2D eigenvalue weighted by molar-refractivity contribution is 8.13. The van der Waals surface area contributed by atoms with Gasteiger partial charge in [0.15, 0.2) is 11.2 Å². The summed E-state index contributed by atoms with van der Waals surface area (Å²) in [6, 6.07) is 0. The van der Waals surface area contributed by atoms with Crippen LogP contribution in [0.2, 0.25) is 0 Å². The molecule has 0 bridgehead atoms. The molecule has 0 saturated heterocycles. The summed E-state index contributed by atoms with van der Waals surface area (Å²) in [7, 11) is 0. The lowest BCUT2D eigenvalue weighted by Crippen LogP contribution is -2.25. The average Bonchev–Trinajstić information content (AvgIpc) is 2.18. The Kier molecular flexibility index (Phi) is 8.41. The highest BCUT2D eigenvalue weighted by Gasteiger charge is 2.19. The van der Waals surface area contributed by atoms with Gasteiger partial charge in [0, 0.05) is 0 Å². The van der Waals surface area contributed by atoms with Crippen LogP contribution in [0.5, 0.6) is 0 Å². The lowest BCUT2D eigenvalue weighted by Gasteiger charge is -2.08. The quantitative estimate of drug-likeness (QED) is 0.532. The summed E-state index contributed by atoms with van der Waals surface area (Å²) in [4.78, 5) is 22.2. The third-order valence-corrected chi connectivity index (χ3v) is 2.46. The summed E-state index contributed by atoms with van der Waals surface area (Å²) < 4.78 is 4.77. The first-order chi connectivity index (χ1) is 7.11. The molecule has 0 aliphatic carbocycles. The zero-order valence-electron chi connectivity index (χ0n) is 9.19. The molecule has 0 radical (unpaired) electrons. The largest absolute Gasteiger partial charge is 0.464 e. The van der Waals surface area contributed by atoms with Gasteiger partial charge in [-0.05, 0) is 12.2 Å². The van der Waals surface area contributed by atoms with Gasteiger partial charge in [-0.1, -0.05) is 32.0 Å². The number of unbranched alkanes of at least 4 members (excludes halogenated alkanes) is 1. The number of hydrogen-bond donors (Lipinski definition) is 1. The van der Waals surface area contributed by atoms with Crippen LogP contribution in [-0.2, 0) is 14.3 Å². The molecule has 0 aromatic carbocycles. The molecule has 0 heterocycles. The molecule has 0 aliphatic heterocycles. The summed E-state index contributed by atoms with van der Waals surface area (Å²) >= 11 is 1.10. The minimum Gasteiger partial charge on any atom is -0.464 e. The monoisotopic (exact) mass is 234 g/mol. The number of ether oxygens (including phenoxy) is 1. The van der Waals surface area contributed by atoms with Crippen LogP contribution in [0.15, 0.2) is 0 Å². The highest BCUT2D eigenvalue weighted by Crippen LogP contribution is 2.08. The standard InChI is InChI=1S/C10H18O4S/c1-3-5-6-14-10(13)8(11)7-9(12)15-4-2/h8,11H,3-7H2,1-2H3. The SMILES string of the molecule is CCCCOC(=O)C(O)CC(=O)SCC. The summed E-state index contributed by atoms with van der Waals surface area (Å²) in [5, 5.41) is 9.12. The summed E-state index contributed by atoms with van der Waals surface area (Å²) in [5.41, 5.74) is 0. The van der Waals surface area contributed by atoms with E-state index in [-0.39, 0.29) is 11.5 Å². The van der Waals surface area contributed by atoms with E-state index in [0.717, 1.165) is 24.6 Å². The predicted molar refractivity (Wildman–Crippen MR) is 59.6 cm³/mol. The Bertz CT molecular complexity index is 206. The van der Waals surface area contributed by atoms with Gasteiger partial charge in [-0.25, -0.2) is 4.79 Å². The van der Waals surface area contributed by atoms with E-state index in [4.69, 9.17) is 4.74 Å². The molecule has 4 nitrogen and oxygen atoms in total. The third-order valence-electron chi connectivity index (χ3n) is 1.68. The molecule has 1 atom stereocenters. The zero-order valence-corrected chi connectivity index (χ0v) is 10.0. The van der Waals surface area contributed by atoms with Gasteiger partial charge < -0.3 is 9.84 Å². The Hall–Kier alpha value is -0.550. The smallest absolute Gasteiger partial charge is 0.335 e. The van der Waals surface area contributed by atoms with E-state index < -0.39 is 12.1 Å². The van der Waals surface area contributed by atoms with Gasteiger partial charge in [-0.2, -0.15) is 0 Å². The van der Waals surface area contributed by atoms with Crippen LogP contribution >= 0.6 is 11.8 Å². The Morgan fingerprint density at radius 1 is 1.40 bits per heavy atom. The summed E-state index contributed by atoms with van der Waals surface area (Å²) in [5.74, 6) is -0.0512. The number of aliphatic hydroxyl groups is 1. The first-order valence-corrected chi connectivity index (χ1v) is 6.10. The predicted octanol–water partition coefficient (Wildman–Crippen LogP) is 1.36. The van der Waals surface area contributed by atoms with Crippen molar-refractivity contribution in [2.45, 2.75) is 39.2 Å². The Balaban J connectivity index is 3.73. The molecular weight excluding hydrogens is 216 g/mol. The zero-order chi connectivity index (χ0) is 11.7. The van der Waals surface area contributed by atoms with Crippen LogP contribution in [0.3, 0.4) is 0 Å². The van der Waals surface area contributed by atoms with Crippen molar-refractivity contribution in [2.75, 3.05) is 12.4 Å². The number of esters is 1. The normalized spacial score (nSPS) is 12.2. The third kappa shape index (κ3) is 7.39. The molecule has 0 aromatic rings. The van der Waals surface area contributed by atoms with Crippen molar-refractivity contribution < 1.29 is 19.4 Å². The fourth-order valence-corrected chi connectivity index (χ4v) is 1.47. The van der Waals surface area contributed by atoms with Gasteiger partial charge in [0.25, 0.3) is 0 Å². The number of carbonyl (C=O) groups excluding carboxylic acids is 2. The van der Waals surface area contributed by atoms with Gasteiger partial charge in [-0.3, -0.25) is 4.79 Å². The molecule has 1 unspecified atom stereocenters. The fraction of sp³-hybridized carbons (Fsp3) is 0.800. The maximum absolute atomic E-state index is 11.1. The minimum absolute atomic E-state index is 0.163. The second-order valence-electron chi connectivity index (χ2n) is 3.05. The van der Waals surface area contributed by atoms with Gasteiger partial charge in [-0.15, -0.1) is 0 Å². The molecular formula is C10H18O4S. The number of thioether (sulfide) groups is 1. The maximum atomic E-state index is 11.1. The lowest BCUT2D eigenvalue weighted by atomic mass is 10.3. The first-order valence-electron chi connectivity index (χ1n) is 5.12. The van der Waals surface area contributed by atoms with E-state index in [2.05, 4.69) is 0 Å². The second kappa shape index (κ2) is 8.73.